The second kappa shape index (κ2) is 6.17. The van der Waals surface area contributed by atoms with Gasteiger partial charge < -0.3 is 10.2 Å². The Hall–Kier alpha value is -1.49. The van der Waals surface area contributed by atoms with Gasteiger partial charge in [0.1, 0.15) is 0 Å². The number of amides is 1. The summed E-state index contributed by atoms with van der Waals surface area (Å²) in [6.07, 6.45) is 2.43. The predicted molar refractivity (Wildman–Crippen MR) is 59.7 cm³/mol. The molecule has 0 atom stereocenters. The fourth-order valence-corrected chi connectivity index (χ4v) is 1.17. The van der Waals surface area contributed by atoms with Gasteiger partial charge in [0.05, 0.1) is 11.8 Å². The van der Waals surface area contributed by atoms with Crippen LogP contribution in [0.5, 0.6) is 0 Å². The van der Waals surface area contributed by atoms with Crippen molar-refractivity contribution in [2.24, 2.45) is 0 Å². The molecule has 1 aromatic rings. The zero-order valence-electron chi connectivity index (χ0n) is 9.53. The van der Waals surface area contributed by atoms with E-state index >= 15 is 0 Å². The summed E-state index contributed by atoms with van der Waals surface area (Å²) in [5, 5.41) is 2.66. The van der Waals surface area contributed by atoms with Crippen LogP contribution < -0.4 is 5.32 Å². The Labute approximate surface area is 94.5 Å². The molecule has 0 aromatic carbocycles. The molecule has 4 nitrogen and oxygen atoms in total. The number of rotatable bonds is 5. The number of nitrogens with one attached hydrogen (secondary N) is 1. The van der Waals surface area contributed by atoms with E-state index in [-0.39, 0.29) is 5.56 Å². The minimum atomic E-state index is -0.594. The van der Waals surface area contributed by atoms with Crippen LogP contribution in [0, 0.1) is 5.82 Å². The molecule has 5 heteroatoms. The lowest BCUT2D eigenvalue weighted by molar-refractivity contribution is 0.0946. The second-order valence-electron chi connectivity index (χ2n) is 3.51. The van der Waals surface area contributed by atoms with Crippen LogP contribution in [0.1, 0.15) is 17.3 Å². The third-order valence-corrected chi connectivity index (χ3v) is 2.34. The third-order valence-electron chi connectivity index (χ3n) is 2.34. The molecule has 0 saturated carbocycles. The lowest BCUT2D eigenvalue weighted by atomic mass is 10.2. The maximum Gasteiger partial charge on any atom is 0.254 e. The van der Waals surface area contributed by atoms with Crippen molar-refractivity contribution < 1.29 is 9.18 Å². The summed E-state index contributed by atoms with van der Waals surface area (Å²) in [5.74, 6) is -0.992. The smallest absolute Gasteiger partial charge is 0.254 e. The SMILES string of the molecule is CCN(C)CCNC(=O)c1ccncc1F. The molecule has 1 aromatic heterocycles. The van der Waals surface area contributed by atoms with Crippen molar-refractivity contribution in [1.29, 1.82) is 0 Å². The first-order chi connectivity index (χ1) is 7.65. The fourth-order valence-electron chi connectivity index (χ4n) is 1.17. The molecule has 88 valence electrons. The molecule has 1 rings (SSSR count). The van der Waals surface area contributed by atoms with Gasteiger partial charge in [-0.2, -0.15) is 0 Å². The van der Waals surface area contributed by atoms with Gasteiger partial charge in [-0.15, -0.1) is 0 Å². The zero-order valence-corrected chi connectivity index (χ0v) is 9.53. The number of carbonyl (C=O) groups is 1. The van der Waals surface area contributed by atoms with E-state index in [9.17, 15) is 9.18 Å². The van der Waals surface area contributed by atoms with Gasteiger partial charge in [0, 0.05) is 19.3 Å². The highest BCUT2D eigenvalue weighted by molar-refractivity contribution is 5.94. The summed E-state index contributed by atoms with van der Waals surface area (Å²) in [5.41, 5.74) is 0.0363. The quantitative estimate of drug-likeness (QED) is 0.810. The molecule has 0 aliphatic carbocycles. The van der Waals surface area contributed by atoms with Crippen molar-refractivity contribution in [3.63, 3.8) is 0 Å². The second-order valence-corrected chi connectivity index (χ2v) is 3.51. The molecule has 1 heterocycles. The van der Waals surface area contributed by atoms with Crippen LogP contribution in [0.25, 0.3) is 0 Å². The van der Waals surface area contributed by atoms with E-state index in [2.05, 4.69) is 15.2 Å². The van der Waals surface area contributed by atoms with Gasteiger partial charge in [0.2, 0.25) is 0 Å². The summed E-state index contributed by atoms with van der Waals surface area (Å²) >= 11 is 0. The highest BCUT2D eigenvalue weighted by Gasteiger charge is 2.10. The number of likely N-dealkylation sites (N-methyl/N-ethyl adjacent to an activating group) is 1. The van der Waals surface area contributed by atoms with E-state index in [1.807, 2.05) is 14.0 Å². The van der Waals surface area contributed by atoms with Crippen molar-refractivity contribution in [3.05, 3.63) is 29.8 Å². The third kappa shape index (κ3) is 3.58. The summed E-state index contributed by atoms with van der Waals surface area (Å²) in [7, 11) is 1.96. The van der Waals surface area contributed by atoms with E-state index < -0.39 is 11.7 Å². The number of halogens is 1. The molecule has 1 amide bonds. The van der Waals surface area contributed by atoms with Crippen LogP contribution in [0.15, 0.2) is 18.5 Å². The Morgan fingerprint density at radius 2 is 2.38 bits per heavy atom. The number of carbonyl (C=O) groups excluding carboxylic acids is 1. The molecule has 16 heavy (non-hydrogen) atoms. The van der Waals surface area contributed by atoms with Crippen LogP contribution in [0.4, 0.5) is 4.39 Å². The first-order valence-electron chi connectivity index (χ1n) is 5.21. The van der Waals surface area contributed by atoms with Gasteiger partial charge >= 0.3 is 0 Å². The number of aromatic nitrogens is 1. The van der Waals surface area contributed by atoms with E-state index in [1.165, 1.54) is 12.3 Å². The largest absolute Gasteiger partial charge is 0.351 e. The molecule has 0 bridgehead atoms. The monoisotopic (exact) mass is 225 g/mol. The molecule has 0 aliphatic rings. The molecular weight excluding hydrogens is 209 g/mol. The average Bonchev–Trinajstić information content (AvgIpc) is 2.29. The number of hydrogen-bond acceptors (Lipinski definition) is 3. The summed E-state index contributed by atoms with van der Waals surface area (Å²) < 4.78 is 13.2. The maximum absolute atomic E-state index is 13.2. The maximum atomic E-state index is 13.2. The van der Waals surface area contributed by atoms with Gasteiger partial charge in [-0.3, -0.25) is 9.78 Å². The Bertz CT molecular complexity index is 357. The standard InChI is InChI=1S/C11H16FN3O/c1-3-15(2)7-6-14-11(16)9-4-5-13-8-10(9)12/h4-5,8H,3,6-7H2,1-2H3,(H,14,16). The van der Waals surface area contributed by atoms with Gasteiger partial charge in [-0.25, -0.2) is 4.39 Å². The molecule has 0 aliphatic heterocycles. The van der Waals surface area contributed by atoms with Crippen molar-refractivity contribution in [2.75, 3.05) is 26.7 Å². The Morgan fingerprint density at radius 1 is 1.62 bits per heavy atom. The van der Waals surface area contributed by atoms with Crippen molar-refractivity contribution in [1.82, 2.24) is 15.2 Å². The Morgan fingerprint density at radius 3 is 3.00 bits per heavy atom. The van der Waals surface area contributed by atoms with Crippen LogP contribution in [-0.2, 0) is 0 Å². The predicted octanol–water partition coefficient (Wildman–Crippen LogP) is 0.902. The van der Waals surface area contributed by atoms with Gasteiger partial charge in [0.15, 0.2) is 5.82 Å². The number of pyridine rings is 1. The first kappa shape index (κ1) is 12.6. The fraction of sp³-hybridized carbons (Fsp3) is 0.455. The summed E-state index contributed by atoms with van der Waals surface area (Å²) in [6.45, 7) is 4.20. The molecule has 0 fully saturated rings. The normalized spacial score (nSPS) is 10.5. The average molecular weight is 225 g/mol. The molecule has 0 radical (unpaired) electrons. The van der Waals surface area contributed by atoms with Crippen molar-refractivity contribution >= 4 is 5.91 Å². The molecule has 1 N–H and O–H groups in total. The minimum absolute atomic E-state index is 0.0363. The van der Waals surface area contributed by atoms with Gasteiger partial charge in [-0.05, 0) is 19.7 Å². The highest BCUT2D eigenvalue weighted by Crippen LogP contribution is 2.03. The van der Waals surface area contributed by atoms with Crippen LogP contribution in [-0.4, -0.2) is 42.5 Å². The highest BCUT2D eigenvalue weighted by atomic mass is 19.1. The summed E-state index contributed by atoms with van der Waals surface area (Å²) in [6, 6.07) is 1.37. The molecular formula is C11H16FN3O. The van der Waals surface area contributed by atoms with Crippen LogP contribution in [0.2, 0.25) is 0 Å². The van der Waals surface area contributed by atoms with E-state index in [0.717, 1.165) is 19.3 Å². The Balaban J connectivity index is 2.44. The summed E-state index contributed by atoms with van der Waals surface area (Å²) in [4.78, 5) is 17.2. The molecule has 0 saturated heterocycles. The lowest BCUT2D eigenvalue weighted by Gasteiger charge is -2.13. The van der Waals surface area contributed by atoms with E-state index in [4.69, 9.17) is 0 Å². The first-order valence-corrected chi connectivity index (χ1v) is 5.21. The van der Waals surface area contributed by atoms with Crippen LogP contribution in [0.3, 0.4) is 0 Å². The Kier molecular flexibility index (Phi) is 4.85. The number of nitrogens with zero attached hydrogens (tertiary/aromatic N) is 2. The van der Waals surface area contributed by atoms with Gasteiger partial charge in [0.25, 0.3) is 5.91 Å². The van der Waals surface area contributed by atoms with Crippen LogP contribution >= 0.6 is 0 Å². The number of hydrogen-bond donors (Lipinski definition) is 1. The van der Waals surface area contributed by atoms with Crippen molar-refractivity contribution in [3.8, 4) is 0 Å². The lowest BCUT2D eigenvalue weighted by Crippen LogP contribution is -2.33. The molecule has 0 spiro atoms. The van der Waals surface area contributed by atoms with Gasteiger partial charge in [-0.1, -0.05) is 6.92 Å². The van der Waals surface area contributed by atoms with Crippen molar-refractivity contribution in [2.45, 2.75) is 6.92 Å². The van der Waals surface area contributed by atoms with E-state index in [0.29, 0.717) is 6.54 Å². The topological polar surface area (TPSA) is 45.2 Å². The zero-order chi connectivity index (χ0) is 12.0. The van der Waals surface area contributed by atoms with E-state index in [1.54, 1.807) is 0 Å². The minimum Gasteiger partial charge on any atom is -0.351 e. The molecule has 0 unspecified atom stereocenters.